The molecule has 0 amide bonds. The van der Waals surface area contributed by atoms with E-state index in [9.17, 15) is 0 Å². The molecule has 0 saturated carbocycles. The number of thioether (sulfide) groups is 1. The van der Waals surface area contributed by atoms with Gasteiger partial charge in [-0.05, 0) is 24.0 Å². The van der Waals surface area contributed by atoms with Crippen molar-refractivity contribution in [1.29, 1.82) is 0 Å². The van der Waals surface area contributed by atoms with E-state index in [1.54, 1.807) is 0 Å². The standard InChI is InChI=1S/C11H15Cl2NS/c1-14(5-6-15-2)11-7-10(13)4-3-9(11)8-12/h3-4,7H,5-6,8H2,1-2H3. The number of anilines is 1. The van der Waals surface area contributed by atoms with Crippen LogP contribution in [0.2, 0.25) is 5.02 Å². The van der Waals surface area contributed by atoms with Gasteiger partial charge in [-0.1, -0.05) is 17.7 Å². The molecule has 0 fully saturated rings. The Morgan fingerprint density at radius 2 is 2.13 bits per heavy atom. The van der Waals surface area contributed by atoms with Gasteiger partial charge in [0.05, 0.1) is 0 Å². The predicted octanol–water partition coefficient (Wildman–Crippen LogP) is 3.88. The van der Waals surface area contributed by atoms with Crippen molar-refractivity contribution >= 4 is 40.7 Å². The summed E-state index contributed by atoms with van der Waals surface area (Å²) in [5.74, 6) is 1.63. The molecule has 84 valence electrons. The Morgan fingerprint density at radius 3 is 2.73 bits per heavy atom. The Labute approximate surface area is 106 Å². The number of halogens is 2. The molecule has 0 aliphatic heterocycles. The third-order valence-corrected chi connectivity index (χ3v) is 3.35. The molecule has 0 heterocycles. The molecule has 4 heteroatoms. The SMILES string of the molecule is CSCCN(C)c1cc(Cl)ccc1CCl. The fourth-order valence-electron chi connectivity index (χ4n) is 1.35. The first-order chi connectivity index (χ1) is 7.19. The summed E-state index contributed by atoms with van der Waals surface area (Å²) in [7, 11) is 2.07. The predicted molar refractivity (Wildman–Crippen MR) is 72.7 cm³/mol. The Kier molecular flexibility index (Phi) is 5.65. The van der Waals surface area contributed by atoms with Gasteiger partial charge < -0.3 is 4.90 Å². The number of benzene rings is 1. The van der Waals surface area contributed by atoms with Crippen LogP contribution in [0, 0.1) is 0 Å². The lowest BCUT2D eigenvalue weighted by Gasteiger charge is -2.21. The summed E-state index contributed by atoms with van der Waals surface area (Å²) < 4.78 is 0. The van der Waals surface area contributed by atoms with Gasteiger partial charge in [-0.25, -0.2) is 0 Å². The molecular formula is C11H15Cl2NS. The molecule has 15 heavy (non-hydrogen) atoms. The van der Waals surface area contributed by atoms with Crippen molar-refractivity contribution in [2.75, 3.05) is 30.5 Å². The third kappa shape index (κ3) is 3.78. The molecular weight excluding hydrogens is 249 g/mol. The summed E-state index contributed by atoms with van der Waals surface area (Å²) in [5.41, 5.74) is 2.26. The maximum absolute atomic E-state index is 5.98. The van der Waals surface area contributed by atoms with Gasteiger partial charge in [0.2, 0.25) is 0 Å². The number of hydrogen-bond donors (Lipinski definition) is 0. The molecule has 0 radical (unpaired) electrons. The lowest BCUT2D eigenvalue weighted by Crippen LogP contribution is -2.21. The van der Waals surface area contributed by atoms with Crippen LogP contribution in [0.5, 0.6) is 0 Å². The van der Waals surface area contributed by atoms with E-state index in [1.165, 1.54) is 0 Å². The first-order valence-corrected chi connectivity index (χ1v) is 7.04. The van der Waals surface area contributed by atoms with Gasteiger partial charge in [0.25, 0.3) is 0 Å². The Balaban J connectivity index is 2.85. The molecule has 0 aliphatic carbocycles. The Morgan fingerprint density at radius 1 is 1.40 bits per heavy atom. The van der Waals surface area contributed by atoms with E-state index in [0.717, 1.165) is 28.6 Å². The molecule has 1 aromatic rings. The zero-order valence-electron chi connectivity index (χ0n) is 8.96. The second kappa shape index (κ2) is 6.51. The minimum absolute atomic E-state index is 0.524. The molecule has 1 nitrogen and oxygen atoms in total. The van der Waals surface area contributed by atoms with E-state index in [2.05, 4.69) is 18.2 Å². The van der Waals surface area contributed by atoms with Crippen LogP contribution in [0.3, 0.4) is 0 Å². The highest BCUT2D eigenvalue weighted by atomic mass is 35.5. The van der Waals surface area contributed by atoms with Crippen molar-refractivity contribution in [3.8, 4) is 0 Å². The van der Waals surface area contributed by atoms with E-state index in [0.29, 0.717) is 5.88 Å². The third-order valence-electron chi connectivity index (χ3n) is 2.23. The molecule has 0 spiro atoms. The van der Waals surface area contributed by atoms with Gasteiger partial charge in [0, 0.05) is 35.9 Å². The Hall–Kier alpha value is -0.0500. The second-order valence-electron chi connectivity index (χ2n) is 3.32. The monoisotopic (exact) mass is 263 g/mol. The summed E-state index contributed by atoms with van der Waals surface area (Å²) >= 11 is 13.7. The second-order valence-corrected chi connectivity index (χ2v) is 5.01. The van der Waals surface area contributed by atoms with E-state index in [4.69, 9.17) is 23.2 Å². The van der Waals surface area contributed by atoms with E-state index < -0.39 is 0 Å². The highest BCUT2D eigenvalue weighted by Crippen LogP contribution is 2.25. The maximum atomic E-state index is 5.98. The van der Waals surface area contributed by atoms with E-state index in [1.807, 2.05) is 30.0 Å². The molecule has 0 saturated heterocycles. The molecule has 0 atom stereocenters. The van der Waals surface area contributed by atoms with Crippen molar-refractivity contribution in [2.45, 2.75) is 5.88 Å². The van der Waals surface area contributed by atoms with E-state index >= 15 is 0 Å². The van der Waals surface area contributed by atoms with Crippen molar-refractivity contribution < 1.29 is 0 Å². The van der Waals surface area contributed by atoms with Gasteiger partial charge in [0.15, 0.2) is 0 Å². The topological polar surface area (TPSA) is 3.24 Å². The minimum Gasteiger partial charge on any atom is -0.373 e. The molecule has 0 aromatic heterocycles. The number of nitrogens with zero attached hydrogens (tertiary/aromatic N) is 1. The Bertz CT molecular complexity index is 317. The van der Waals surface area contributed by atoms with Crippen LogP contribution in [0.4, 0.5) is 5.69 Å². The highest BCUT2D eigenvalue weighted by molar-refractivity contribution is 7.98. The van der Waals surface area contributed by atoms with Crippen LogP contribution in [0.1, 0.15) is 5.56 Å². The molecule has 1 aromatic carbocycles. The molecule has 0 bridgehead atoms. The average Bonchev–Trinajstić information content (AvgIpc) is 2.25. The lowest BCUT2D eigenvalue weighted by molar-refractivity contribution is 0.969. The van der Waals surface area contributed by atoms with Gasteiger partial charge in [-0.2, -0.15) is 11.8 Å². The highest BCUT2D eigenvalue weighted by Gasteiger charge is 2.07. The van der Waals surface area contributed by atoms with Gasteiger partial charge >= 0.3 is 0 Å². The minimum atomic E-state index is 0.524. The van der Waals surface area contributed by atoms with Crippen molar-refractivity contribution in [3.63, 3.8) is 0 Å². The largest absolute Gasteiger partial charge is 0.373 e. The fourth-order valence-corrected chi connectivity index (χ4v) is 2.20. The van der Waals surface area contributed by atoms with Crippen LogP contribution in [-0.4, -0.2) is 25.6 Å². The lowest BCUT2D eigenvalue weighted by atomic mass is 10.2. The molecule has 0 aliphatic rings. The summed E-state index contributed by atoms with van der Waals surface area (Å²) in [6.07, 6.45) is 2.11. The van der Waals surface area contributed by atoms with Crippen molar-refractivity contribution in [1.82, 2.24) is 0 Å². The zero-order chi connectivity index (χ0) is 11.3. The first kappa shape index (κ1) is 13.0. The number of rotatable bonds is 5. The zero-order valence-corrected chi connectivity index (χ0v) is 11.3. The van der Waals surface area contributed by atoms with E-state index in [-0.39, 0.29) is 0 Å². The molecule has 0 unspecified atom stereocenters. The fraction of sp³-hybridized carbons (Fsp3) is 0.455. The quantitative estimate of drug-likeness (QED) is 0.742. The van der Waals surface area contributed by atoms with Crippen LogP contribution in [-0.2, 0) is 5.88 Å². The number of hydrogen-bond acceptors (Lipinski definition) is 2. The molecule has 1 rings (SSSR count). The normalized spacial score (nSPS) is 10.4. The van der Waals surface area contributed by atoms with Crippen molar-refractivity contribution in [3.05, 3.63) is 28.8 Å². The molecule has 0 N–H and O–H groups in total. The maximum Gasteiger partial charge on any atom is 0.0494 e. The van der Waals surface area contributed by atoms with Gasteiger partial charge in [-0.3, -0.25) is 0 Å². The smallest absolute Gasteiger partial charge is 0.0494 e. The summed E-state index contributed by atoms with van der Waals surface area (Å²) in [5, 5.41) is 0.759. The average molecular weight is 264 g/mol. The van der Waals surface area contributed by atoms with Crippen molar-refractivity contribution in [2.24, 2.45) is 0 Å². The van der Waals surface area contributed by atoms with Crippen LogP contribution in [0.15, 0.2) is 18.2 Å². The van der Waals surface area contributed by atoms with Gasteiger partial charge in [0.1, 0.15) is 0 Å². The number of alkyl halides is 1. The first-order valence-electron chi connectivity index (χ1n) is 4.73. The summed E-state index contributed by atoms with van der Waals surface area (Å²) in [4.78, 5) is 2.19. The summed E-state index contributed by atoms with van der Waals surface area (Å²) in [6, 6.07) is 5.84. The van der Waals surface area contributed by atoms with Crippen LogP contribution in [0.25, 0.3) is 0 Å². The van der Waals surface area contributed by atoms with Gasteiger partial charge in [-0.15, -0.1) is 11.6 Å². The van der Waals surface area contributed by atoms with Crippen LogP contribution < -0.4 is 4.90 Å². The van der Waals surface area contributed by atoms with Crippen LogP contribution >= 0.6 is 35.0 Å². The summed E-state index contributed by atoms with van der Waals surface area (Å²) in [6.45, 7) is 1.01.